The number of aromatic nitrogens is 2. The minimum Gasteiger partial charge on any atom is -0.489 e. The molecule has 6 nitrogen and oxygen atoms in total. The van der Waals surface area contributed by atoms with Crippen LogP contribution in [0.5, 0.6) is 11.5 Å². The van der Waals surface area contributed by atoms with Crippen molar-refractivity contribution in [3.8, 4) is 22.8 Å². The summed E-state index contributed by atoms with van der Waals surface area (Å²) in [6.45, 7) is 5.36. The molecule has 0 atom stereocenters. The molecule has 7 heteroatoms. The van der Waals surface area contributed by atoms with Gasteiger partial charge in [-0.1, -0.05) is 13.8 Å². The molecule has 0 unspecified atom stereocenters. The maximum atomic E-state index is 11.2. The quantitative estimate of drug-likeness (QED) is 0.855. The normalized spacial score (nSPS) is 13.9. The number of hydrogen-bond donors (Lipinski definition) is 1. The fourth-order valence-electron chi connectivity index (χ4n) is 2.92. The lowest BCUT2D eigenvalue weighted by atomic mass is 9.93. The minimum atomic E-state index is -1.05. The second-order valence-corrected chi connectivity index (χ2v) is 6.88. The largest absolute Gasteiger partial charge is 0.489 e. The maximum Gasteiger partial charge on any atom is 0.356 e. The zero-order chi connectivity index (χ0) is 17.4. The van der Waals surface area contributed by atoms with E-state index in [1.165, 1.54) is 0 Å². The number of aryl methyl sites for hydroxylation is 1. The zero-order valence-electron chi connectivity index (χ0n) is 13.8. The lowest BCUT2D eigenvalue weighted by Crippen LogP contribution is -2.04. The fraction of sp³-hybridized carbons (Fsp3) is 0.412. The van der Waals surface area contributed by atoms with E-state index >= 15 is 0 Å². The van der Waals surface area contributed by atoms with Gasteiger partial charge in [-0.3, -0.25) is 4.68 Å². The number of nitrogens with zero attached hydrogens (tertiary/aromatic N) is 2. The Kier molecular flexibility index (Phi) is 4.54. The van der Waals surface area contributed by atoms with Crippen LogP contribution >= 0.6 is 15.9 Å². The first-order chi connectivity index (χ1) is 11.4. The van der Waals surface area contributed by atoms with Crippen molar-refractivity contribution in [3.05, 3.63) is 27.9 Å². The molecule has 0 bridgehead atoms. The molecule has 128 valence electrons. The van der Waals surface area contributed by atoms with Crippen LogP contribution in [0, 0.1) is 0 Å². The molecule has 1 aliphatic heterocycles. The van der Waals surface area contributed by atoms with Crippen molar-refractivity contribution in [1.82, 2.24) is 9.78 Å². The van der Waals surface area contributed by atoms with E-state index in [0.29, 0.717) is 19.0 Å². The molecule has 0 amide bonds. The Morgan fingerprint density at radius 3 is 2.54 bits per heavy atom. The average molecular weight is 395 g/mol. The van der Waals surface area contributed by atoms with Gasteiger partial charge in [-0.15, -0.1) is 0 Å². The van der Waals surface area contributed by atoms with E-state index < -0.39 is 5.97 Å². The summed E-state index contributed by atoms with van der Waals surface area (Å²) in [5, 5.41) is 13.3. The van der Waals surface area contributed by atoms with Crippen molar-refractivity contribution >= 4 is 21.9 Å². The zero-order valence-corrected chi connectivity index (χ0v) is 15.4. The fourth-order valence-corrected chi connectivity index (χ4v) is 3.44. The van der Waals surface area contributed by atoms with Crippen molar-refractivity contribution < 1.29 is 19.4 Å². The van der Waals surface area contributed by atoms with Crippen LogP contribution in [0.15, 0.2) is 16.6 Å². The van der Waals surface area contributed by atoms with E-state index in [9.17, 15) is 9.90 Å². The summed E-state index contributed by atoms with van der Waals surface area (Å²) in [4.78, 5) is 11.2. The van der Waals surface area contributed by atoms with Crippen LogP contribution in [-0.2, 0) is 7.05 Å². The molecule has 0 fully saturated rings. The van der Waals surface area contributed by atoms with E-state index in [-0.39, 0.29) is 11.6 Å². The summed E-state index contributed by atoms with van der Waals surface area (Å²) in [6, 6.07) is 3.53. The van der Waals surface area contributed by atoms with Gasteiger partial charge in [0.25, 0.3) is 0 Å². The van der Waals surface area contributed by atoms with Crippen molar-refractivity contribution in [2.24, 2.45) is 7.05 Å². The molecule has 1 N–H and O–H groups in total. The minimum absolute atomic E-state index is 0.0189. The number of ether oxygens (including phenoxy) is 2. The number of rotatable bonds is 3. The number of fused-ring (bicyclic) bond motifs is 1. The highest BCUT2D eigenvalue weighted by Crippen LogP contribution is 2.47. The Morgan fingerprint density at radius 1 is 1.29 bits per heavy atom. The van der Waals surface area contributed by atoms with E-state index in [2.05, 4.69) is 34.9 Å². The first-order valence-electron chi connectivity index (χ1n) is 7.79. The highest BCUT2D eigenvalue weighted by Gasteiger charge is 2.26. The van der Waals surface area contributed by atoms with Crippen molar-refractivity contribution in [3.63, 3.8) is 0 Å². The molecule has 0 saturated heterocycles. The van der Waals surface area contributed by atoms with Crippen molar-refractivity contribution in [1.29, 1.82) is 0 Å². The van der Waals surface area contributed by atoms with Gasteiger partial charge in [0.05, 0.1) is 23.4 Å². The standard InChI is InChI=1S/C17H19BrN2O4/c1-9(2)14-10(13-8-12(17(21)22)19-20(13)3)7-11(18)15-16(14)24-6-4-5-23-15/h7-9H,4-6H2,1-3H3,(H,21,22). The molecule has 0 aliphatic carbocycles. The maximum absolute atomic E-state index is 11.2. The molecule has 0 spiro atoms. The molecule has 2 aromatic rings. The van der Waals surface area contributed by atoms with Gasteiger partial charge >= 0.3 is 5.97 Å². The van der Waals surface area contributed by atoms with Gasteiger partial charge in [0.1, 0.15) is 0 Å². The average Bonchev–Trinajstić information content (AvgIpc) is 2.74. The van der Waals surface area contributed by atoms with E-state index in [1.807, 2.05) is 6.07 Å². The van der Waals surface area contributed by atoms with Gasteiger partial charge in [-0.2, -0.15) is 5.10 Å². The summed E-state index contributed by atoms with van der Waals surface area (Å²) >= 11 is 3.56. The van der Waals surface area contributed by atoms with Crippen molar-refractivity contribution in [2.45, 2.75) is 26.2 Å². The highest BCUT2D eigenvalue weighted by atomic mass is 79.9. The number of benzene rings is 1. The molecule has 3 rings (SSSR count). The van der Waals surface area contributed by atoms with Crippen LogP contribution in [-0.4, -0.2) is 34.1 Å². The van der Waals surface area contributed by atoms with E-state index in [0.717, 1.165) is 33.5 Å². The highest BCUT2D eigenvalue weighted by molar-refractivity contribution is 9.10. The number of halogens is 1. The molecule has 0 saturated carbocycles. The molecule has 0 radical (unpaired) electrons. The topological polar surface area (TPSA) is 73.6 Å². The summed E-state index contributed by atoms with van der Waals surface area (Å²) in [6.07, 6.45) is 0.822. The molecular formula is C17H19BrN2O4. The summed E-state index contributed by atoms with van der Waals surface area (Å²) in [7, 11) is 1.74. The number of carbonyl (C=O) groups is 1. The van der Waals surface area contributed by atoms with Crippen molar-refractivity contribution in [2.75, 3.05) is 13.2 Å². The Balaban J connectivity index is 2.26. The van der Waals surface area contributed by atoms with Gasteiger partial charge in [0.15, 0.2) is 17.2 Å². The number of aromatic carboxylic acids is 1. The van der Waals surface area contributed by atoms with Gasteiger partial charge in [0.2, 0.25) is 0 Å². The summed E-state index contributed by atoms with van der Waals surface area (Å²) < 4.78 is 14.2. The Bertz CT molecular complexity index is 798. The third-order valence-corrected chi connectivity index (χ3v) is 4.55. The molecule has 1 aromatic carbocycles. The van der Waals surface area contributed by atoms with E-state index in [1.54, 1.807) is 17.8 Å². The Hall–Kier alpha value is -2.02. The Morgan fingerprint density at radius 2 is 1.96 bits per heavy atom. The first kappa shape index (κ1) is 16.8. The summed E-state index contributed by atoms with van der Waals surface area (Å²) in [5.74, 6) is 0.564. The van der Waals surface area contributed by atoms with Crippen LogP contribution < -0.4 is 9.47 Å². The second-order valence-electron chi connectivity index (χ2n) is 6.03. The molecule has 24 heavy (non-hydrogen) atoms. The van der Waals surface area contributed by atoms with Crippen LogP contribution in [0.1, 0.15) is 42.2 Å². The van der Waals surface area contributed by atoms with Gasteiger partial charge in [-0.25, -0.2) is 4.79 Å². The van der Waals surface area contributed by atoms with E-state index in [4.69, 9.17) is 9.47 Å². The first-order valence-corrected chi connectivity index (χ1v) is 8.59. The molecule has 1 aliphatic rings. The SMILES string of the molecule is CC(C)c1c(-c2cc(C(=O)O)nn2C)cc(Br)c2c1OCCCO2. The summed E-state index contributed by atoms with van der Waals surface area (Å²) in [5.41, 5.74) is 2.64. The molecule has 1 aromatic heterocycles. The van der Waals surface area contributed by atoms with Gasteiger partial charge < -0.3 is 14.6 Å². The predicted molar refractivity (Wildman–Crippen MR) is 93.0 cm³/mol. The van der Waals surface area contributed by atoms with Gasteiger partial charge in [0, 0.05) is 24.6 Å². The smallest absolute Gasteiger partial charge is 0.356 e. The van der Waals surface area contributed by atoms with Gasteiger partial charge in [-0.05, 0) is 34.0 Å². The monoisotopic (exact) mass is 394 g/mol. The number of carboxylic acids is 1. The number of carboxylic acid groups (broad SMARTS) is 1. The van der Waals surface area contributed by atoms with Crippen LogP contribution in [0.4, 0.5) is 0 Å². The third kappa shape index (κ3) is 2.88. The number of hydrogen-bond acceptors (Lipinski definition) is 4. The third-order valence-electron chi connectivity index (χ3n) is 3.96. The molecule has 2 heterocycles. The lowest BCUT2D eigenvalue weighted by molar-refractivity contribution is 0.0689. The Labute approximate surface area is 148 Å². The lowest BCUT2D eigenvalue weighted by Gasteiger charge is -2.20. The van der Waals surface area contributed by atoms with Crippen LogP contribution in [0.2, 0.25) is 0 Å². The predicted octanol–water partition coefficient (Wildman–Crippen LogP) is 3.83. The van der Waals surface area contributed by atoms with Crippen LogP contribution in [0.3, 0.4) is 0 Å². The van der Waals surface area contributed by atoms with Crippen LogP contribution in [0.25, 0.3) is 11.3 Å². The molecular weight excluding hydrogens is 376 g/mol. The second kappa shape index (κ2) is 6.47.